The highest BCUT2D eigenvalue weighted by Gasteiger charge is 2.20. The number of hydrogen-bond acceptors (Lipinski definition) is 5. The van der Waals surface area contributed by atoms with Crippen molar-refractivity contribution in [1.82, 2.24) is 4.90 Å². The lowest BCUT2D eigenvalue weighted by Crippen LogP contribution is -2.35. The van der Waals surface area contributed by atoms with Crippen LogP contribution in [-0.2, 0) is 4.79 Å². The summed E-state index contributed by atoms with van der Waals surface area (Å²) < 4.78 is 5.68. The summed E-state index contributed by atoms with van der Waals surface area (Å²) in [4.78, 5) is 28.0. The molecule has 1 saturated heterocycles. The van der Waals surface area contributed by atoms with E-state index in [1.54, 1.807) is 24.3 Å². The fraction of sp³-hybridized carbons (Fsp3) is 0.375. The van der Waals surface area contributed by atoms with Gasteiger partial charge in [-0.2, -0.15) is 5.26 Å². The lowest BCUT2D eigenvalue weighted by atomic mass is 10.1. The van der Waals surface area contributed by atoms with Crippen LogP contribution in [0.4, 0.5) is 5.69 Å². The summed E-state index contributed by atoms with van der Waals surface area (Å²) in [7, 11) is 0. The van der Waals surface area contributed by atoms with Crippen molar-refractivity contribution in [3.05, 3.63) is 59.7 Å². The number of para-hydroxylation sites is 1. The van der Waals surface area contributed by atoms with Gasteiger partial charge in [0.25, 0.3) is 0 Å². The maximum atomic E-state index is 12.6. The molecule has 0 aromatic heterocycles. The minimum Gasteiger partial charge on any atom is -0.494 e. The monoisotopic (exact) mass is 405 g/mol. The predicted molar refractivity (Wildman–Crippen MR) is 116 cm³/mol. The molecule has 1 aliphatic heterocycles. The van der Waals surface area contributed by atoms with Crippen LogP contribution < -0.4 is 9.64 Å². The highest BCUT2D eigenvalue weighted by molar-refractivity contribution is 5.94. The summed E-state index contributed by atoms with van der Waals surface area (Å²) in [5, 5.41) is 9.33. The van der Waals surface area contributed by atoms with Crippen molar-refractivity contribution >= 4 is 17.4 Å². The molecule has 2 aromatic rings. The number of rotatable bonds is 7. The second-order valence-corrected chi connectivity index (χ2v) is 7.38. The summed E-state index contributed by atoms with van der Waals surface area (Å²) in [6.45, 7) is 4.95. The van der Waals surface area contributed by atoms with Crippen LogP contribution in [0.15, 0.2) is 48.5 Å². The lowest BCUT2D eigenvalue weighted by molar-refractivity contribution is -0.131. The van der Waals surface area contributed by atoms with Crippen LogP contribution in [0.3, 0.4) is 0 Å². The molecule has 0 radical (unpaired) electrons. The number of carbonyl (C=O) groups is 2. The Kier molecular flexibility index (Phi) is 7.45. The largest absolute Gasteiger partial charge is 0.494 e. The Morgan fingerprint density at radius 2 is 1.80 bits per heavy atom. The molecular formula is C24H27N3O3. The van der Waals surface area contributed by atoms with E-state index < -0.39 is 0 Å². The molecule has 30 heavy (non-hydrogen) atoms. The van der Waals surface area contributed by atoms with E-state index in [9.17, 15) is 14.9 Å². The topological polar surface area (TPSA) is 73.6 Å². The number of anilines is 1. The average molecular weight is 405 g/mol. The van der Waals surface area contributed by atoms with Crippen molar-refractivity contribution in [2.45, 2.75) is 26.2 Å². The lowest BCUT2D eigenvalue weighted by Gasteiger charge is -2.24. The average Bonchev–Trinajstić information content (AvgIpc) is 3.03. The molecule has 156 valence electrons. The van der Waals surface area contributed by atoms with Gasteiger partial charge in [-0.1, -0.05) is 12.1 Å². The molecule has 1 amide bonds. The van der Waals surface area contributed by atoms with Gasteiger partial charge in [0, 0.05) is 38.2 Å². The van der Waals surface area contributed by atoms with Gasteiger partial charge in [-0.3, -0.25) is 9.59 Å². The van der Waals surface area contributed by atoms with Gasteiger partial charge in [0.2, 0.25) is 5.91 Å². The maximum Gasteiger partial charge on any atom is 0.222 e. The van der Waals surface area contributed by atoms with Gasteiger partial charge < -0.3 is 14.5 Å². The third kappa shape index (κ3) is 5.60. The summed E-state index contributed by atoms with van der Waals surface area (Å²) in [5.74, 6) is 0.870. The number of benzene rings is 2. The smallest absolute Gasteiger partial charge is 0.222 e. The fourth-order valence-electron chi connectivity index (χ4n) is 3.61. The maximum absolute atomic E-state index is 12.6. The second-order valence-electron chi connectivity index (χ2n) is 7.38. The SMILES string of the molecule is CC(=O)c1ccc(OCCCC(=O)N2CCCN(c3ccccc3C#N)CC2)cc1. The number of carbonyl (C=O) groups excluding carboxylic acids is 2. The number of ketones is 1. The van der Waals surface area contributed by atoms with E-state index in [0.29, 0.717) is 42.9 Å². The second kappa shape index (κ2) is 10.4. The van der Waals surface area contributed by atoms with Crippen molar-refractivity contribution < 1.29 is 14.3 Å². The molecule has 0 spiro atoms. The molecule has 0 N–H and O–H groups in total. The van der Waals surface area contributed by atoms with Gasteiger partial charge in [-0.05, 0) is 56.2 Å². The number of hydrogen-bond donors (Lipinski definition) is 0. The Labute approximate surface area is 177 Å². The first kappa shape index (κ1) is 21.4. The first-order valence-corrected chi connectivity index (χ1v) is 10.3. The van der Waals surface area contributed by atoms with Crippen molar-refractivity contribution in [2.24, 2.45) is 0 Å². The minimum absolute atomic E-state index is 0.0271. The molecule has 0 bridgehead atoms. The van der Waals surface area contributed by atoms with E-state index in [1.807, 2.05) is 29.2 Å². The van der Waals surface area contributed by atoms with Crippen LogP contribution in [0.2, 0.25) is 0 Å². The Hall–Kier alpha value is -3.33. The van der Waals surface area contributed by atoms with E-state index in [0.717, 1.165) is 31.7 Å². The molecule has 1 aliphatic rings. The van der Waals surface area contributed by atoms with Gasteiger partial charge in [-0.15, -0.1) is 0 Å². The zero-order valence-electron chi connectivity index (χ0n) is 17.3. The fourth-order valence-corrected chi connectivity index (χ4v) is 3.61. The number of ether oxygens (including phenoxy) is 1. The van der Waals surface area contributed by atoms with Crippen LogP contribution in [0, 0.1) is 11.3 Å². The van der Waals surface area contributed by atoms with Crippen molar-refractivity contribution in [1.29, 1.82) is 5.26 Å². The van der Waals surface area contributed by atoms with Gasteiger partial charge in [0.1, 0.15) is 11.8 Å². The summed E-state index contributed by atoms with van der Waals surface area (Å²) >= 11 is 0. The van der Waals surface area contributed by atoms with Gasteiger partial charge in [-0.25, -0.2) is 0 Å². The molecule has 6 nitrogen and oxygen atoms in total. The Bertz CT molecular complexity index is 918. The van der Waals surface area contributed by atoms with Gasteiger partial charge in [0.15, 0.2) is 5.78 Å². The van der Waals surface area contributed by atoms with E-state index in [2.05, 4.69) is 11.0 Å². The third-order valence-electron chi connectivity index (χ3n) is 5.28. The normalized spacial score (nSPS) is 14.0. The molecule has 6 heteroatoms. The van der Waals surface area contributed by atoms with Crippen LogP contribution in [0.5, 0.6) is 5.75 Å². The summed E-state index contributed by atoms with van der Waals surface area (Å²) in [5.41, 5.74) is 2.27. The Morgan fingerprint density at radius 3 is 2.53 bits per heavy atom. The van der Waals surface area contributed by atoms with E-state index >= 15 is 0 Å². The third-order valence-corrected chi connectivity index (χ3v) is 5.28. The van der Waals surface area contributed by atoms with Gasteiger partial charge in [0.05, 0.1) is 17.9 Å². The summed E-state index contributed by atoms with van der Waals surface area (Å²) in [6, 6.07) is 16.9. The molecule has 1 heterocycles. The Morgan fingerprint density at radius 1 is 1.03 bits per heavy atom. The highest BCUT2D eigenvalue weighted by atomic mass is 16.5. The highest BCUT2D eigenvalue weighted by Crippen LogP contribution is 2.21. The number of amides is 1. The van der Waals surface area contributed by atoms with Crippen LogP contribution >= 0.6 is 0 Å². The minimum atomic E-state index is 0.0271. The molecule has 0 saturated carbocycles. The molecule has 3 rings (SSSR count). The number of nitrogens with zero attached hydrogens (tertiary/aromatic N) is 3. The molecule has 0 aliphatic carbocycles. The van der Waals surface area contributed by atoms with E-state index in [-0.39, 0.29) is 11.7 Å². The molecule has 0 atom stereocenters. The Balaban J connectivity index is 1.44. The van der Waals surface area contributed by atoms with Crippen molar-refractivity contribution in [2.75, 3.05) is 37.7 Å². The van der Waals surface area contributed by atoms with Crippen LogP contribution in [0.1, 0.15) is 42.1 Å². The molecule has 0 unspecified atom stereocenters. The number of Topliss-reactive ketones (excluding diaryl/α,β-unsaturated/α-hetero) is 1. The van der Waals surface area contributed by atoms with Crippen molar-refractivity contribution in [3.8, 4) is 11.8 Å². The van der Waals surface area contributed by atoms with Crippen molar-refractivity contribution in [3.63, 3.8) is 0 Å². The molecule has 1 fully saturated rings. The molecule has 2 aromatic carbocycles. The zero-order valence-corrected chi connectivity index (χ0v) is 17.3. The quantitative estimate of drug-likeness (QED) is 0.519. The van der Waals surface area contributed by atoms with E-state index in [1.165, 1.54) is 6.92 Å². The van der Waals surface area contributed by atoms with Gasteiger partial charge >= 0.3 is 0 Å². The standard InChI is InChI=1S/C24H27N3O3/c1-19(28)20-9-11-22(12-10-20)30-17-4-8-24(29)27-14-5-13-26(15-16-27)23-7-3-2-6-21(23)18-25/h2-3,6-7,9-12H,4-5,8,13-17H2,1H3. The summed E-state index contributed by atoms with van der Waals surface area (Å²) in [6.07, 6.45) is 1.97. The van der Waals surface area contributed by atoms with Crippen LogP contribution in [0.25, 0.3) is 0 Å². The first-order chi connectivity index (χ1) is 14.6. The predicted octanol–water partition coefficient (Wildman–Crippen LogP) is 3.66. The zero-order chi connectivity index (χ0) is 21.3. The van der Waals surface area contributed by atoms with Crippen LogP contribution in [-0.4, -0.2) is 49.4 Å². The molecular weight excluding hydrogens is 378 g/mol. The van der Waals surface area contributed by atoms with E-state index in [4.69, 9.17) is 4.74 Å². The number of nitriles is 1. The first-order valence-electron chi connectivity index (χ1n) is 10.3.